The van der Waals surface area contributed by atoms with Crippen molar-refractivity contribution in [2.24, 2.45) is 0 Å². The van der Waals surface area contributed by atoms with E-state index in [-0.39, 0.29) is 5.91 Å². The van der Waals surface area contributed by atoms with Gasteiger partial charge in [0.15, 0.2) is 0 Å². The summed E-state index contributed by atoms with van der Waals surface area (Å²) in [6, 6.07) is 6.84. The number of rotatable bonds is 8. The monoisotopic (exact) mass is 298 g/mol. The van der Waals surface area contributed by atoms with Crippen LogP contribution in [0.25, 0.3) is 0 Å². The second kappa shape index (κ2) is 8.01. The predicted octanol–water partition coefficient (Wildman–Crippen LogP) is 1.58. The molecular weight excluding hydrogens is 276 g/mol. The second-order valence-corrected chi connectivity index (χ2v) is 6.52. The molecule has 0 spiro atoms. The van der Waals surface area contributed by atoms with Crippen LogP contribution in [0.15, 0.2) is 29.2 Å². The van der Waals surface area contributed by atoms with Gasteiger partial charge in [-0.15, -0.1) is 0 Å². The zero-order valence-electron chi connectivity index (χ0n) is 12.0. The summed E-state index contributed by atoms with van der Waals surface area (Å²) < 4.78 is 26.6. The topological polar surface area (TPSA) is 75.3 Å². The highest BCUT2D eigenvalue weighted by molar-refractivity contribution is 7.89. The molecule has 6 heteroatoms. The summed E-state index contributed by atoms with van der Waals surface area (Å²) in [5.41, 5.74) is 0.920. The molecule has 20 heavy (non-hydrogen) atoms. The van der Waals surface area contributed by atoms with Crippen molar-refractivity contribution in [2.75, 3.05) is 13.1 Å². The van der Waals surface area contributed by atoms with Crippen molar-refractivity contribution in [1.82, 2.24) is 10.0 Å². The third kappa shape index (κ3) is 6.16. The van der Waals surface area contributed by atoms with Crippen molar-refractivity contribution in [2.45, 2.75) is 38.0 Å². The molecule has 0 saturated carbocycles. The van der Waals surface area contributed by atoms with Crippen LogP contribution in [0.3, 0.4) is 0 Å². The fraction of sp³-hybridized carbons (Fsp3) is 0.500. The van der Waals surface area contributed by atoms with E-state index >= 15 is 0 Å². The van der Waals surface area contributed by atoms with Gasteiger partial charge in [0.05, 0.1) is 4.90 Å². The van der Waals surface area contributed by atoms with Gasteiger partial charge in [0.1, 0.15) is 0 Å². The number of amides is 1. The summed E-state index contributed by atoms with van der Waals surface area (Å²) in [6.45, 7) is 4.40. The number of hydrogen-bond acceptors (Lipinski definition) is 3. The number of hydrogen-bond donors (Lipinski definition) is 2. The fourth-order valence-corrected chi connectivity index (χ4v) is 2.94. The van der Waals surface area contributed by atoms with Gasteiger partial charge >= 0.3 is 0 Å². The molecule has 1 amide bonds. The van der Waals surface area contributed by atoms with Crippen LogP contribution in [0.2, 0.25) is 0 Å². The van der Waals surface area contributed by atoms with Crippen LogP contribution in [0.1, 0.15) is 31.7 Å². The van der Waals surface area contributed by atoms with Gasteiger partial charge in [-0.1, -0.05) is 18.6 Å². The second-order valence-electron chi connectivity index (χ2n) is 4.76. The van der Waals surface area contributed by atoms with Crippen LogP contribution in [-0.2, 0) is 14.8 Å². The zero-order valence-corrected chi connectivity index (χ0v) is 12.8. The lowest BCUT2D eigenvalue weighted by Crippen LogP contribution is -2.25. The molecule has 0 saturated heterocycles. The molecule has 0 fully saturated rings. The summed E-state index contributed by atoms with van der Waals surface area (Å²) >= 11 is 0. The van der Waals surface area contributed by atoms with E-state index in [9.17, 15) is 13.2 Å². The molecule has 1 aromatic carbocycles. The SMILES string of the molecule is CC(=O)NCCCCCNS(=O)(=O)c1cccc(C)c1. The first-order chi connectivity index (χ1) is 9.42. The number of aryl methyl sites for hydroxylation is 1. The molecule has 0 aliphatic rings. The van der Waals surface area contributed by atoms with Gasteiger partial charge in [-0.05, 0) is 37.5 Å². The maximum Gasteiger partial charge on any atom is 0.240 e. The van der Waals surface area contributed by atoms with E-state index in [2.05, 4.69) is 10.0 Å². The average Bonchev–Trinajstić information content (AvgIpc) is 2.37. The molecular formula is C14H22N2O3S. The lowest BCUT2D eigenvalue weighted by atomic mass is 10.2. The van der Waals surface area contributed by atoms with E-state index in [1.54, 1.807) is 18.2 Å². The van der Waals surface area contributed by atoms with Gasteiger partial charge < -0.3 is 5.32 Å². The average molecular weight is 298 g/mol. The Kier molecular flexibility index (Phi) is 6.67. The van der Waals surface area contributed by atoms with Gasteiger partial charge in [0.25, 0.3) is 0 Å². The third-order valence-corrected chi connectivity index (χ3v) is 4.28. The molecule has 0 unspecified atom stereocenters. The number of carbonyl (C=O) groups excluding carboxylic acids is 1. The molecule has 0 atom stereocenters. The van der Waals surface area contributed by atoms with E-state index in [0.717, 1.165) is 24.8 Å². The third-order valence-electron chi connectivity index (χ3n) is 2.82. The summed E-state index contributed by atoms with van der Waals surface area (Å²) in [7, 11) is -3.41. The van der Waals surface area contributed by atoms with E-state index < -0.39 is 10.0 Å². The van der Waals surface area contributed by atoms with Crippen molar-refractivity contribution >= 4 is 15.9 Å². The minimum absolute atomic E-state index is 0.0369. The first-order valence-corrected chi connectivity index (χ1v) is 8.21. The molecule has 0 radical (unpaired) electrons. The van der Waals surface area contributed by atoms with Crippen LogP contribution in [-0.4, -0.2) is 27.4 Å². The molecule has 0 heterocycles. The van der Waals surface area contributed by atoms with Crippen LogP contribution < -0.4 is 10.0 Å². The highest BCUT2D eigenvalue weighted by Crippen LogP contribution is 2.10. The molecule has 112 valence electrons. The number of nitrogens with one attached hydrogen (secondary N) is 2. The lowest BCUT2D eigenvalue weighted by Gasteiger charge is -2.07. The Morgan fingerprint density at radius 2 is 1.85 bits per heavy atom. The van der Waals surface area contributed by atoms with Crippen molar-refractivity contribution in [3.8, 4) is 0 Å². The standard InChI is InChI=1S/C14H22N2O3S/c1-12-7-6-8-14(11-12)20(18,19)16-10-5-3-4-9-15-13(2)17/h6-8,11,16H,3-5,9-10H2,1-2H3,(H,15,17). The number of unbranched alkanes of at least 4 members (excludes halogenated alkanes) is 2. The van der Waals surface area contributed by atoms with Gasteiger partial charge in [-0.25, -0.2) is 13.1 Å². The number of benzene rings is 1. The smallest absolute Gasteiger partial charge is 0.240 e. The first kappa shape index (κ1) is 16.7. The van der Waals surface area contributed by atoms with Crippen molar-refractivity contribution < 1.29 is 13.2 Å². The minimum Gasteiger partial charge on any atom is -0.356 e. The van der Waals surface area contributed by atoms with Gasteiger partial charge in [0.2, 0.25) is 15.9 Å². The van der Waals surface area contributed by atoms with Crippen LogP contribution in [0, 0.1) is 6.92 Å². The van der Waals surface area contributed by atoms with E-state index in [4.69, 9.17) is 0 Å². The number of sulfonamides is 1. The summed E-state index contributed by atoms with van der Waals surface area (Å²) in [6.07, 6.45) is 2.48. The normalized spacial score (nSPS) is 11.3. The predicted molar refractivity (Wildman–Crippen MR) is 78.9 cm³/mol. The van der Waals surface area contributed by atoms with Crippen molar-refractivity contribution in [1.29, 1.82) is 0 Å². The summed E-state index contributed by atoms with van der Waals surface area (Å²) in [4.78, 5) is 10.9. The van der Waals surface area contributed by atoms with Gasteiger partial charge in [-0.3, -0.25) is 4.79 Å². The minimum atomic E-state index is -3.41. The highest BCUT2D eigenvalue weighted by Gasteiger charge is 2.12. The summed E-state index contributed by atoms with van der Waals surface area (Å²) in [5.74, 6) is -0.0369. The molecule has 1 rings (SSSR count). The van der Waals surface area contributed by atoms with Crippen molar-refractivity contribution in [3.63, 3.8) is 0 Å². The molecule has 1 aromatic rings. The Labute approximate surface area is 120 Å². The maximum absolute atomic E-state index is 12.0. The Morgan fingerprint density at radius 1 is 1.15 bits per heavy atom. The van der Waals surface area contributed by atoms with E-state index in [0.29, 0.717) is 18.0 Å². The highest BCUT2D eigenvalue weighted by atomic mass is 32.2. The van der Waals surface area contributed by atoms with E-state index in [1.807, 2.05) is 13.0 Å². The Bertz CT molecular complexity index is 541. The van der Waals surface area contributed by atoms with E-state index in [1.165, 1.54) is 6.92 Å². The maximum atomic E-state index is 12.0. The van der Waals surface area contributed by atoms with Crippen LogP contribution in [0.4, 0.5) is 0 Å². The van der Waals surface area contributed by atoms with Gasteiger partial charge in [0, 0.05) is 20.0 Å². The quantitative estimate of drug-likeness (QED) is 0.716. The lowest BCUT2D eigenvalue weighted by molar-refractivity contribution is -0.118. The molecule has 2 N–H and O–H groups in total. The van der Waals surface area contributed by atoms with Gasteiger partial charge in [-0.2, -0.15) is 0 Å². The van der Waals surface area contributed by atoms with Crippen LogP contribution >= 0.6 is 0 Å². The molecule has 0 bridgehead atoms. The van der Waals surface area contributed by atoms with Crippen LogP contribution in [0.5, 0.6) is 0 Å². The largest absolute Gasteiger partial charge is 0.356 e. The Morgan fingerprint density at radius 3 is 2.50 bits per heavy atom. The first-order valence-electron chi connectivity index (χ1n) is 6.72. The Hall–Kier alpha value is -1.40. The molecule has 0 aliphatic carbocycles. The zero-order chi connectivity index (χ0) is 15.0. The number of carbonyl (C=O) groups is 1. The summed E-state index contributed by atoms with van der Waals surface area (Å²) in [5, 5.41) is 2.71. The molecule has 0 aromatic heterocycles. The van der Waals surface area contributed by atoms with Crippen molar-refractivity contribution in [3.05, 3.63) is 29.8 Å². The molecule has 5 nitrogen and oxygen atoms in total. The fourth-order valence-electron chi connectivity index (χ4n) is 1.76. The Balaban J connectivity index is 2.29. The molecule has 0 aliphatic heterocycles.